The van der Waals surface area contributed by atoms with E-state index in [-0.39, 0.29) is 5.82 Å². The van der Waals surface area contributed by atoms with Gasteiger partial charge in [0.1, 0.15) is 12.4 Å². The zero-order chi connectivity index (χ0) is 20.8. The maximum atomic E-state index is 13.0. The molecular formula is C24H26FN3O2. The maximum Gasteiger partial charge on any atom is 0.233 e. The highest BCUT2D eigenvalue weighted by Gasteiger charge is 2.18. The van der Waals surface area contributed by atoms with Gasteiger partial charge in [-0.1, -0.05) is 36.4 Å². The Hall–Kier alpha value is -2.83. The summed E-state index contributed by atoms with van der Waals surface area (Å²) in [5.74, 6) is 0.184. The molecule has 0 unspecified atom stereocenters. The van der Waals surface area contributed by atoms with Crippen LogP contribution in [-0.2, 0) is 17.9 Å². The molecule has 1 aliphatic heterocycles. The molecule has 156 valence electrons. The Labute approximate surface area is 176 Å². The minimum atomic E-state index is -0.260. The molecule has 0 amide bonds. The second-order valence-corrected chi connectivity index (χ2v) is 7.58. The highest BCUT2D eigenvalue weighted by molar-refractivity contribution is 5.59. The fraction of sp³-hybridized carbons (Fsp3) is 0.333. The van der Waals surface area contributed by atoms with Crippen molar-refractivity contribution in [1.29, 1.82) is 0 Å². The molecule has 0 spiro atoms. The monoisotopic (exact) mass is 407 g/mol. The Morgan fingerprint density at radius 3 is 2.23 bits per heavy atom. The fourth-order valence-corrected chi connectivity index (χ4v) is 3.63. The molecule has 4 rings (SSSR count). The Morgan fingerprint density at radius 1 is 0.900 bits per heavy atom. The zero-order valence-electron chi connectivity index (χ0n) is 17.1. The van der Waals surface area contributed by atoms with Gasteiger partial charge in [-0.05, 0) is 42.2 Å². The maximum absolute atomic E-state index is 13.0. The Bertz CT molecular complexity index is 922. The number of ether oxygens (including phenoxy) is 2. The molecule has 0 atom stereocenters. The molecule has 3 aromatic rings. The molecular weight excluding hydrogens is 381 g/mol. The van der Waals surface area contributed by atoms with Crippen LogP contribution in [0.2, 0.25) is 0 Å². The van der Waals surface area contributed by atoms with E-state index < -0.39 is 0 Å². The molecule has 5 nitrogen and oxygen atoms in total. The number of hydrogen-bond donors (Lipinski definition) is 0. The first-order chi connectivity index (χ1) is 14.7. The van der Waals surface area contributed by atoms with Crippen molar-refractivity contribution in [2.75, 3.05) is 20.2 Å². The van der Waals surface area contributed by atoms with Crippen LogP contribution in [0, 0.1) is 5.82 Å². The van der Waals surface area contributed by atoms with Crippen LogP contribution in [0.4, 0.5) is 4.39 Å². The topological polar surface area (TPSA) is 47.5 Å². The minimum Gasteiger partial charge on any atom is -0.472 e. The van der Waals surface area contributed by atoms with Crippen molar-refractivity contribution in [3.05, 3.63) is 77.6 Å². The van der Waals surface area contributed by atoms with E-state index in [0.29, 0.717) is 18.6 Å². The number of methoxy groups -OCH3 is 1. The lowest BCUT2D eigenvalue weighted by Crippen LogP contribution is -2.36. The van der Waals surface area contributed by atoms with Gasteiger partial charge in [-0.2, -0.15) is 0 Å². The highest BCUT2D eigenvalue weighted by atomic mass is 19.1. The summed E-state index contributed by atoms with van der Waals surface area (Å²) in [7, 11) is 1.80. The molecule has 1 saturated heterocycles. The van der Waals surface area contributed by atoms with E-state index in [1.165, 1.54) is 17.7 Å². The summed E-state index contributed by atoms with van der Waals surface area (Å²) in [6.07, 6.45) is 2.60. The fourth-order valence-electron chi connectivity index (χ4n) is 3.63. The smallest absolute Gasteiger partial charge is 0.233 e. The van der Waals surface area contributed by atoms with Crippen LogP contribution < -0.4 is 4.74 Å². The zero-order valence-corrected chi connectivity index (χ0v) is 17.1. The van der Waals surface area contributed by atoms with Crippen molar-refractivity contribution >= 4 is 0 Å². The first-order valence-electron chi connectivity index (χ1n) is 10.2. The van der Waals surface area contributed by atoms with Gasteiger partial charge >= 0.3 is 0 Å². The number of benzene rings is 2. The molecule has 6 heteroatoms. The number of rotatable bonds is 7. The Morgan fingerprint density at radius 2 is 1.60 bits per heavy atom. The van der Waals surface area contributed by atoms with Gasteiger partial charge in [-0.15, -0.1) is 10.2 Å². The third-order valence-corrected chi connectivity index (χ3v) is 5.46. The summed E-state index contributed by atoms with van der Waals surface area (Å²) in [5, 5.41) is 8.43. The number of aromatic nitrogens is 2. The van der Waals surface area contributed by atoms with Crippen molar-refractivity contribution in [2.45, 2.75) is 32.1 Å². The van der Waals surface area contributed by atoms with E-state index in [4.69, 9.17) is 9.47 Å². The predicted molar refractivity (Wildman–Crippen MR) is 114 cm³/mol. The molecule has 1 aliphatic rings. The van der Waals surface area contributed by atoms with Crippen LogP contribution in [0.15, 0.2) is 60.7 Å². The molecule has 0 saturated carbocycles. The summed E-state index contributed by atoms with van der Waals surface area (Å²) >= 11 is 0. The molecule has 1 fully saturated rings. The number of hydrogen-bond acceptors (Lipinski definition) is 5. The van der Waals surface area contributed by atoms with Crippen LogP contribution >= 0.6 is 0 Å². The average molecular weight is 407 g/mol. The van der Waals surface area contributed by atoms with Crippen molar-refractivity contribution in [1.82, 2.24) is 15.1 Å². The van der Waals surface area contributed by atoms with Gasteiger partial charge in [-0.3, -0.25) is 4.90 Å². The molecule has 0 radical (unpaired) electrons. The summed E-state index contributed by atoms with van der Waals surface area (Å²) in [4.78, 5) is 2.47. The lowest BCUT2D eigenvalue weighted by atomic mass is 10.1. The lowest BCUT2D eigenvalue weighted by molar-refractivity contribution is 0.0389. The van der Waals surface area contributed by atoms with E-state index >= 15 is 0 Å². The van der Waals surface area contributed by atoms with Crippen molar-refractivity contribution in [3.63, 3.8) is 0 Å². The van der Waals surface area contributed by atoms with Crippen LogP contribution in [0.3, 0.4) is 0 Å². The van der Waals surface area contributed by atoms with Crippen LogP contribution in [0.5, 0.6) is 5.88 Å². The van der Waals surface area contributed by atoms with Gasteiger partial charge in [0.15, 0.2) is 0 Å². The van der Waals surface area contributed by atoms with E-state index in [0.717, 1.165) is 49.3 Å². The molecule has 0 bridgehead atoms. The molecule has 2 aromatic carbocycles. The van der Waals surface area contributed by atoms with E-state index in [1.807, 2.05) is 6.07 Å². The molecule has 2 heterocycles. The van der Waals surface area contributed by atoms with Gasteiger partial charge < -0.3 is 9.47 Å². The van der Waals surface area contributed by atoms with E-state index in [1.54, 1.807) is 25.3 Å². The molecule has 0 aliphatic carbocycles. The Kier molecular flexibility index (Phi) is 6.67. The lowest BCUT2D eigenvalue weighted by Gasteiger charge is -2.31. The normalized spacial score (nSPS) is 15.3. The molecule has 30 heavy (non-hydrogen) atoms. The minimum absolute atomic E-state index is 0.260. The average Bonchev–Trinajstić information content (AvgIpc) is 2.80. The molecule has 0 N–H and O–H groups in total. The third kappa shape index (κ3) is 5.40. The van der Waals surface area contributed by atoms with Crippen LogP contribution in [0.1, 0.15) is 24.0 Å². The second kappa shape index (κ2) is 9.78. The van der Waals surface area contributed by atoms with Gasteiger partial charge in [0.05, 0.1) is 11.8 Å². The summed E-state index contributed by atoms with van der Waals surface area (Å²) in [6, 6.07) is 18.4. The quantitative estimate of drug-likeness (QED) is 0.578. The highest BCUT2D eigenvalue weighted by Crippen LogP contribution is 2.21. The number of halogens is 1. The second-order valence-electron chi connectivity index (χ2n) is 7.58. The predicted octanol–water partition coefficient (Wildman–Crippen LogP) is 4.47. The summed E-state index contributed by atoms with van der Waals surface area (Å²) in [6.45, 7) is 3.43. The van der Waals surface area contributed by atoms with Crippen LogP contribution in [0.25, 0.3) is 11.3 Å². The molecule has 1 aromatic heterocycles. The van der Waals surface area contributed by atoms with E-state index in [9.17, 15) is 4.39 Å². The first kappa shape index (κ1) is 20.4. The van der Waals surface area contributed by atoms with Crippen molar-refractivity contribution in [2.24, 2.45) is 0 Å². The van der Waals surface area contributed by atoms with Gasteiger partial charge in [0.25, 0.3) is 0 Å². The van der Waals surface area contributed by atoms with E-state index in [2.05, 4.69) is 39.4 Å². The summed E-state index contributed by atoms with van der Waals surface area (Å²) < 4.78 is 24.0. The standard InChI is InChI=1S/C24H26FN3O2/c1-29-22-12-14-28(15-13-22)16-18-2-6-20(7-3-18)23-10-11-24(27-26-23)30-17-19-4-8-21(25)9-5-19/h2-11,22H,12-17H2,1H3. The third-order valence-electron chi connectivity index (χ3n) is 5.46. The largest absolute Gasteiger partial charge is 0.472 e. The number of piperidine rings is 1. The number of likely N-dealkylation sites (tertiary alicyclic amines) is 1. The number of nitrogens with zero attached hydrogens (tertiary/aromatic N) is 3. The first-order valence-corrected chi connectivity index (χ1v) is 10.2. The van der Waals surface area contributed by atoms with Crippen molar-refractivity contribution < 1.29 is 13.9 Å². The van der Waals surface area contributed by atoms with Gasteiger partial charge in [0.2, 0.25) is 5.88 Å². The van der Waals surface area contributed by atoms with Gasteiger partial charge in [-0.25, -0.2) is 4.39 Å². The Balaban J connectivity index is 1.31. The SMILES string of the molecule is COC1CCN(Cc2ccc(-c3ccc(OCc4ccc(F)cc4)nn3)cc2)CC1. The summed E-state index contributed by atoms with van der Waals surface area (Å²) in [5.41, 5.74) is 4.00. The van der Waals surface area contributed by atoms with Gasteiger partial charge in [0, 0.05) is 38.4 Å². The van der Waals surface area contributed by atoms with Crippen LogP contribution in [-0.4, -0.2) is 41.4 Å². The van der Waals surface area contributed by atoms with Crippen molar-refractivity contribution in [3.8, 4) is 17.1 Å².